The van der Waals surface area contributed by atoms with Crippen LogP contribution in [0.3, 0.4) is 0 Å². The molecule has 4 nitrogen and oxygen atoms in total. The van der Waals surface area contributed by atoms with Crippen molar-refractivity contribution in [3.8, 4) is 5.75 Å². The van der Waals surface area contributed by atoms with Gasteiger partial charge in [-0.2, -0.15) is 0 Å². The van der Waals surface area contributed by atoms with Gasteiger partial charge in [-0.05, 0) is 31.9 Å². The predicted molar refractivity (Wildman–Crippen MR) is 80.3 cm³/mol. The Kier molecular flexibility index (Phi) is 3.85. The molecule has 1 saturated heterocycles. The van der Waals surface area contributed by atoms with Crippen LogP contribution < -0.4 is 15.4 Å². The van der Waals surface area contributed by atoms with Gasteiger partial charge in [0.05, 0.1) is 24.4 Å². The topological polar surface area (TPSA) is 47.7 Å². The normalized spacial score (nSPS) is 25.5. The van der Waals surface area contributed by atoms with Gasteiger partial charge in [0.25, 0.3) is 0 Å². The number of para-hydroxylation sites is 2. The zero-order chi connectivity index (χ0) is 14.0. The molecule has 2 aliphatic heterocycles. The molecule has 2 aliphatic rings. The molecule has 0 bridgehead atoms. The van der Waals surface area contributed by atoms with Gasteiger partial charge in [-0.25, -0.2) is 0 Å². The third kappa shape index (κ3) is 2.27. The van der Waals surface area contributed by atoms with Crippen LogP contribution in [-0.2, 0) is 4.74 Å². The summed E-state index contributed by atoms with van der Waals surface area (Å²) in [5, 5.41) is 0. The second kappa shape index (κ2) is 5.62. The Labute approximate surface area is 120 Å². The molecule has 20 heavy (non-hydrogen) atoms. The van der Waals surface area contributed by atoms with Gasteiger partial charge in [0.15, 0.2) is 0 Å². The van der Waals surface area contributed by atoms with Gasteiger partial charge < -0.3 is 20.1 Å². The Bertz CT molecular complexity index is 460. The molecule has 3 rings (SSSR count). The van der Waals surface area contributed by atoms with Gasteiger partial charge in [0.1, 0.15) is 5.75 Å². The molecule has 2 heterocycles. The van der Waals surface area contributed by atoms with Crippen molar-refractivity contribution in [2.45, 2.75) is 25.3 Å². The van der Waals surface area contributed by atoms with Crippen molar-refractivity contribution < 1.29 is 9.47 Å². The third-order valence-corrected chi connectivity index (χ3v) is 4.78. The number of nitrogens with zero attached hydrogens (tertiary/aromatic N) is 1. The van der Waals surface area contributed by atoms with Crippen LogP contribution in [0, 0.1) is 5.92 Å². The molecule has 0 saturated carbocycles. The summed E-state index contributed by atoms with van der Waals surface area (Å²) in [7, 11) is 0. The van der Waals surface area contributed by atoms with Gasteiger partial charge in [-0.15, -0.1) is 0 Å². The zero-order valence-electron chi connectivity index (χ0n) is 12.2. The van der Waals surface area contributed by atoms with Crippen LogP contribution in [0.5, 0.6) is 5.75 Å². The van der Waals surface area contributed by atoms with Gasteiger partial charge in [-0.1, -0.05) is 12.1 Å². The van der Waals surface area contributed by atoms with E-state index in [1.807, 2.05) is 6.07 Å². The molecular formula is C16H24N2O2. The summed E-state index contributed by atoms with van der Waals surface area (Å²) in [5.74, 6) is 1.46. The largest absolute Gasteiger partial charge is 0.491 e. The summed E-state index contributed by atoms with van der Waals surface area (Å²) >= 11 is 0. The molecule has 110 valence electrons. The highest BCUT2D eigenvalue weighted by molar-refractivity contribution is 5.61. The smallest absolute Gasteiger partial charge is 0.142 e. The van der Waals surface area contributed by atoms with E-state index >= 15 is 0 Å². The first kappa shape index (κ1) is 13.7. The first-order valence-electron chi connectivity index (χ1n) is 7.53. The number of hydrogen-bond donors (Lipinski definition) is 1. The minimum atomic E-state index is -0.0691. The Balaban J connectivity index is 1.98. The lowest BCUT2D eigenvalue weighted by atomic mass is 9.82. The van der Waals surface area contributed by atoms with Gasteiger partial charge in [0.2, 0.25) is 0 Å². The lowest BCUT2D eigenvalue weighted by Gasteiger charge is -2.45. The van der Waals surface area contributed by atoms with Crippen LogP contribution in [0.4, 0.5) is 5.69 Å². The van der Waals surface area contributed by atoms with Gasteiger partial charge in [0, 0.05) is 25.6 Å². The van der Waals surface area contributed by atoms with Crippen molar-refractivity contribution in [2.75, 3.05) is 37.8 Å². The molecule has 2 unspecified atom stereocenters. The standard InChI is InChI=1S/C16H24N2O2/c1-16(12-17,13-7-10-19-11-13)18-8-4-9-20-15-6-3-2-5-14(15)18/h2-3,5-6,13H,4,7-12,17H2,1H3. The van der Waals surface area contributed by atoms with Crippen LogP contribution in [0.15, 0.2) is 24.3 Å². The van der Waals surface area contributed by atoms with E-state index in [0.29, 0.717) is 12.5 Å². The molecule has 2 atom stereocenters. The Morgan fingerprint density at radius 3 is 2.95 bits per heavy atom. The van der Waals surface area contributed by atoms with E-state index in [4.69, 9.17) is 15.2 Å². The Morgan fingerprint density at radius 2 is 2.20 bits per heavy atom. The van der Waals surface area contributed by atoms with Crippen molar-refractivity contribution in [3.63, 3.8) is 0 Å². The van der Waals surface area contributed by atoms with Crippen molar-refractivity contribution in [1.82, 2.24) is 0 Å². The van der Waals surface area contributed by atoms with Crippen LogP contribution in [0.2, 0.25) is 0 Å². The number of nitrogens with two attached hydrogens (primary N) is 1. The van der Waals surface area contributed by atoms with Crippen LogP contribution in [0.1, 0.15) is 19.8 Å². The molecular weight excluding hydrogens is 252 g/mol. The molecule has 0 aliphatic carbocycles. The van der Waals surface area contributed by atoms with E-state index in [-0.39, 0.29) is 5.54 Å². The second-order valence-corrected chi connectivity index (χ2v) is 5.94. The van der Waals surface area contributed by atoms with Crippen molar-refractivity contribution >= 4 is 5.69 Å². The molecule has 2 N–H and O–H groups in total. The van der Waals surface area contributed by atoms with Gasteiger partial charge in [-0.3, -0.25) is 0 Å². The minimum absolute atomic E-state index is 0.0691. The zero-order valence-corrected chi connectivity index (χ0v) is 12.2. The van der Waals surface area contributed by atoms with E-state index in [1.165, 1.54) is 5.69 Å². The van der Waals surface area contributed by atoms with E-state index in [9.17, 15) is 0 Å². The molecule has 0 spiro atoms. The number of fused-ring (bicyclic) bond motifs is 1. The molecule has 1 aromatic carbocycles. The Morgan fingerprint density at radius 1 is 1.35 bits per heavy atom. The highest BCUT2D eigenvalue weighted by atomic mass is 16.5. The number of hydrogen-bond acceptors (Lipinski definition) is 4. The highest BCUT2D eigenvalue weighted by Gasteiger charge is 2.41. The third-order valence-electron chi connectivity index (χ3n) is 4.78. The Hall–Kier alpha value is -1.26. The lowest BCUT2D eigenvalue weighted by molar-refractivity contribution is 0.165. The molecule has 1 aromatic rings. The van der Waals surface area contributed by atoms with E-state index < -0.39 is 0 Å². The summed E-state index contributed by atoms with van der Waals surface area (Å²) in [5.41, 5.74) is 7.29. The molecule has 0 amide bonds. The fourth-order valence-corrected chi connectivity index (χ4v) is 3.38. The van der Waals surface area contributed by atoms with Gasteiger partial charge >= 0.3 is 0 Å². The fraction of sp³-hybridized carbons (Fsp3) is 0.625. The average Bonchev–Trinajstić information content (AvgIpc) is 2.94. The summed E-state index contributed by atoms with van der Waals surface area (Å²) in [6.45, 7) is 6.33. The number of benzene rings is 1. The number of rotatable bonds is 3. The maximum absolute atomic E-state index is 6.19. The van der Waals surface area contributed by atoms with Crippen molar-refractivity contribution in [3.05, 3.63) is 24.3 Å². The maximum Gasteiger partial charge on any atom is 0.142 e. The molecule has 4 heteroatoms. The summed E-state index contributed by atoms with van der Waals surface area (Å²) in [4.78, 5) is 2.45. The summed E-state index contributed by atoms with van der Waals surface area (Å²) < 4.78 is 11.5. The lowest BCUT2D eigenvalue weighted by Crippen LogP contribution is -2.57. The van der Waals surface area contributed by atoms with E-state index in [1.54, 1.807) is 0 Å². The number of anilines is 1. The minimum Gasteiger partial charge on any atom is -0.491 e. The summed E-state index contributed by atoms with van der Waals surface area (Å²) in [6, 6.07) is 8.30. The quantitative estimate of drug-likeness (QED) is 0.917. The first-order valence-corrected chi connectivity index (χ1v) is 7.53. The SMILES string of the molecule is CC(CN)(C1CCOC1)N1CCCOc2ccccc21. The predicted octanol–water partition coefficient (Wildman–Crippen LogP) is 2.03. The number of ether oxygens (including phenoxy) is 2. The maximum atomic E-state index is 6.19. The van der Waals surface area contributed by atoms with Crippen LogP contribution in [0.25, 0.3) is 0 Å². The van der Waals surface area contributed by atoms with Crippen molar-refractivity contribution in [2.24, 2.45) is 11.7 Å². The van der Waals surface area contributed by atoms with Crippen molar-refractivity contribution in [1.29, 1.82) is 0 Å². The average molecular weight is 276 g/mol. The van der Waals surface area contributed by atoms with Crippen LogP contribution >= 0.6 is 0 Å². The van der Waals surface area contributed by atoms with E-state index in [2.05, 4.69) is 30.0 Å². The first-order chi connectivity index (χ1) is 9.75. The fourth-order valence-electron chi connectivity index (χ4n) is 3.38. The molecule has 0 aromatic heterocycles. The monoisotopic (exact) mass is 276 g/mol. The van der Waals surface area contributed by atoms with Crippen LogP contribution in [-0.4, -0.2) is 38.4 Å². The summed E-state index contributed by atoms with van der Waals surface area (Å²) in [6.07, 6.45) is 2.12. The second-order valence-electron chi connectivity index (χ2n) is 5.94. The molecule has 1 fully saturated rings. The molecule has 0 radical (unpaired) electrons. The van der Waals surface area contributed by atoms with E-state index in [0.717, 1.165) is 45.0 Å². The highest BCUT2D eigenvalue weighted by Crippen LogP contribution is 2.39.